The summed E-state index contributed by atoms with van der Waals surface area (Å²) in [6.45, 7) is 2.08. The van der Waals surface area contributed by atoms with Crippen molar-refractivity contribution in [2.75, 3.05) is 5.75 Å². The molecule has 1 heterocycles. The highest BCUT2D eigenvalue weighted by Gasteiger charge is 1.97. The molecule has 13 heavy (non-hydrogen) atoms. The summed E-state index contributed by atoms with van der Waals surface area (Å²) < 4.78 is 1.20. The Bertz CT molecular complexity index is 320. The van der Waals surface area contributed by atoms with Gasteiger partial charge in [-0.15, -0.1) is 23.1 Å². The molecule has 0 radical (unpaired) electrons. The van der Waals surface area contributed by atoms with Crippen LogP contribution in [0.25, 0.3) is 6.08 Å². The van der Waals surface area contributed by atoms with Crippen LogP contribution in [0.3, 0.4) is 0 Å². The van der Waals surface area contributed by atoms with Gasteiger partial charge in [0.05, 0.1) is 9.13 Å². The molecule has 0 unspecified atom stereocenters. The van der Waals surface area contributed by atoms with Crippen LogP contribution in [0.15, 0.2) is 22.5 Å². The largest absolute Gasteiger partial charge is 0.259 e. The van der Waals surface area contributed by atoms with Crippen molar-refractivity contribution in [1.29, 1.82) is 0 Å². The minimum atomic E-state index is -0.452. The molecule has 5 heteroatoms. The van der Waals surface area contributed by atoms with E-state index in [0.29, 0.717) is 0 Å². The van der Waals surface area contributed by atoms with Crippen LogP contribution in [0.5, 0.6) is 0 Å². The number of nitro groups is 1. The standard InChI is InChI=1S/C8H9NO2S2/c1-2-12-8-4-3-7(13-8)5-6-9(10)11/h3-6H,2H2,1H3. The highest BCUT2D eigenvalue weighted by Crippen LogP contribution is 2.27. The van der Waals surface area contributed by atoms with E-state index < -0.39 is 4.92 Å². The maximum absolute atomic E-state index is 10.0. The van der Waals surface area contributed by atoms with Crippen LogP contribution in [-0.4, -0.2) is 10.7 Å². The second kappa shape index (κ2) is 5.04. The van der Waals surface area contributed by atoms with E-state index in [9.17, 15) is 10.1 Å². The number of thioether (sulfide) groups is 1. The van der Waals surface area contributed by atoms with E-state index >= 15 is 0 Å². The number of hydrogen-bond donors (Lipinski definition) is 0. The van der Waals surface area contributed by atoms with Crippen LogP contribution in [-0.2, 0) is 0 Å². The van der Waals surface area contributed by atoms with Crippen LogP contribution in [0.1, 0.15) is 11.8 Å². The molecule has 3 nitrogen and oxygen atoms in total. The molecule has 0 saturated heterocycles. The molecule has 0 atom stereocenters. The SMILES string of the molecule is CCSc1ccc(C=C[N+](=O)[O-])s1. The summed E-state index contributed by atoms with van der Waals surface area (Å²) in [5.74, 6) is 1.03. The van der Waals surface area contributed by atoms with Gasteiger partial charge in [-0.25, -0.2) is 0 Å². The Morgan fingerprint density at radius 1 is 1.69 bits per heavy atom. The Balaban J connectivity index is 2.63. The summed E-state index contributed by atoms with van der Waals surface area (Å²) in [5.41, 5.74) is 0. The third kappa shape index (κ3) is 3.61. The van der Waals surface area contributed by atoms with Crippen molar-refractivity contribution < 1.29 is 4.92 Å². The fourth-order valence-electron chi connectivity index (χ4n) is 0.778. The fraction of sp³-hybridized carbons (Fsp3) is 0.250. The van der Waals surface area contributed by atoms with E-state index in [2.05, 4.69) is 6.92 Å². The molecule has 1 rings (SSSR count). The Morgan fingerprint density at radius 2 is 2.46 bits per heavy atom. The zero-order valence-corrected chi connectivity index (χ0v) is 8.73. The quantitative estimate of drug-likeness (QED) is 0.440. The molecule has 70 valence electrons. The molecule has 0 aliphatic heterocycles. The predicted octanol–water partition coefficient (Wildman–Crippen LogP) is 3.11. The normalized spacial score (nSPS) is 10.8. The lowest BCUT2D eigenvalue weighted by atomic mass is 10.4. The van der Waals surface area contributed by atoms with Gasteiger partial charge in [-0.1, -0.05) is 6.92 Å². The topological polar surface area (TPSA) is 43.1 Å². The Morgan fingerprint density at radius 3 is 3.08 bits per heavy atom. The van der Waals surface area contributed by atoms with Crippen LogP contribution in [0.2, 0.25) is 0 Å². The second-order valence-corrected chi connectivity index (χ2v) is 4.87. The van der Waals surface area contributed by atoms with E-state index in [1.54, 1.807) is 23.1 Å². The predicted molar refractivity (Wildman–Crippen MR) is 56.7 cm³/mol. The van der Waals surface area contributed by atoms with E-state index in [0.717, 1.165) is 16.8 Å². The lowest BCUT2D eigenvalue weighted by Crippen LogP contribution is -1.80. The van der Waals surface area contributed by atoms with E-state index in [-0.39, 0.29) is 0 Å². The van der Waals surface area contributed by atoms with Crippen molar-refractivity contribution in [3.63, 3.8) is 0 Å². The molecular formula is C8H9NO2S2. The van der Waals surface area contributed by atoms with E-state index in [1.807, 2.05) is 12.1 Å². The van der Waals surface area contributed by atoms with Crippen molar-refractivity contribution in [1.82, 2.24) is 0 Å². The average molecular weight is 215 g/mol. The molecule has 0 aliphatic carbocycles. The van der Waals surface area contributed by atoms with Gasteiger partial charge in [-0.05, 0) is 17.9 Å². The summed E-state index contributed by atoms with van der Waals surface area (Å²) in [6, 6.07) is 3.88. The van der Waals surface area contributed by atoms with Gasteiger partial charge in [0, 0.05) is 11.0 Å². The molecular weight excluding hydrogens is 206 g/mol. The molecule has 0 bridgehead atoms. The summed E-state index contributed by atoms with van der Waals surface area (Å²) >= 11 is 3.32. The summed E-state index contributed by atoms with van der Waals surface area (Å²) in [4.78, 5) is 10.5. The van der Waals surface area contributed by atoms with Gasteiger partial charge in [0.15, 0.2) is 0 Å². The van der Waals surface area contributed by atoms with Crippen molar-refractivity contribution in [3.8, 4) is 0 Å². The molecule has 0 N–H and O–H groups in total. The van der Waals surface area contributed by atoms with E-state index in [4.69, 9.17) is 0 Å². The fourth-order valence-corrected chi connectivity index (χ4v) is 2.74. The number of hydrogen-bond acceptors (Lipinski definition) is 4. The smallest absolute Gasteiger partial charge is 0.235 e. The molecule has 0 spiro atoms. The van der Waals surface area contributed by atoms with Crippen molar-refractivity contribution >= 4 is 29.2 Å². The third-order valence-electron chi connectivity index (χ3n) is 1.25. The van der Waals surface area contributed by atoms with Crippen LogP contribution >= 0.6 is 23.1 Å². The summed E-state index contributed by atoms with van der Waals surface area (Å²) in [6.07, 6.45) is 2.48. The number of nitrogens with zero attached hydrogens (tertiary/aromatic N) is 1. The van der Waals surface area contributed by atoms with Gasteiger partial charge < -0.3 is 0 Å². The van der Waals surface area contributed by atoms with Crippen molar-refractivity contribution in [2.24, 2.45) is 0 Å². The zero-order valence-electron chi connectivity index (χ0n) is 7.10. The molecule has 0 aromatic carbocycles. The van der Waals surface area contributed by atoms with Crippen molar-refractivity contribution in [3.05, 3.63) is 33.3 Å². The Labute approximate surface area is 84.6 Å². The third-order valence-corrected chi connectivity index (χ3v) is 3.41. The Kier molecular flexibility index (Phi) is 3.98. The first kappa shape index (κ1) is 10.3. The summed E-state index contributed by atoms with van der Waals surface area (Å²) in [7, 11) is 0. The number of thiophene rings is 1. The molecule has 0 amide bonds. The monoisotopic (exact) mass is 215 g/mol. The van der Waals surface area contributed by atoms with Gasteiger partial charge in [0.1, 0.15) is 0 Å². The maximum atomic E-state index is 10.0. The molecule has 0 fully saturated rings. The minimum absolute atomic E-state index is 0.452. The van der Waals surface area contributed by atoms with Crippen molar-refractivity contribution in [2.45, 2.75) is 11.1 Å². The first-order valence-corrected chi connectivity index (χ1v) is 5.57. The Hall–Kier alpha value is -0.810. The summed E-state index contributed by atoms with van der Waals surface area (Å²) in [5, 5.41) is 10.0. The van der Waals surface area contributed by atoms with Gasteiger partial charge in [0.2, 0.25) is 6.20 Å². The van der Waals surface area contributed by atoms with Crippen LogP contribution < -0.4 is 0 Å². The van der Waals surface area contributed by atoms with E-state index in [1.165, 1.54) is 10.3 Å². The van der Waals surface area contributed by atoms with Crippen LogP contribution in [0.4, 0.5) is 0 Å². The average Bonchev–Trinajstić information content (AvgIpc) is 2.50. The lowest BCUT2D eigenvalue weighted by molar-refractivity contribution is -0.400. The molecule has 0 saturated carbocycles. The van der Waals surface area contributed by atoms with Gasteiger partial charge in [0.25, 0.3) is 0 Å². The lowest BCUT2D eigenvalue weighted by Gasteiger charge is -1.87. The molecule has 1 aromatic heterocycles. The minimum Gasteiger partial charge on any atom is -0.259 e. The maximum Gasteiger partial charge on any atom is 0.235 e. The zero-order chi connectivity index (χ0) is 9.68. The van der Waals surface area contributed by atoms with Crippen LogP contribution in [0, 0.1) is 10.1 Å². The first-order valence-electron chi connectivity index (χ1n) is 3.76. The van der Waals surface area contributed by atoms with Gasteiger partial charge in [-0.3, -0.25) is 10.1 Å². The number of rotatable bonds is 4. The van der Waals surface area contributed by atoms with Gasteiger partial charge >= 0.3 is 0 Å². The second-order valence-electron chi connectivity index (χ2n) is 2.19. The highest BCUT2D eigenvalue weighted by atomic mass is 32.2. The molecule has 0 aliphatic rings. The molecule has 1 aromatic rings. The first-order chi connectivity index (χ1) is 6.22. The highest BCUT2D eigenvalue weighted by molar-refractivity contribution is 8.01. The van der Waals surface area contributed by atoms with Gasteiger partial charge in [-0.2, -0.15) is 0 Å².